The fourth-order valence-corrected chi connectivity index (χ4v) is 1.85. The Balaban J connectivity index is 2.06. The zero-order valence-corrected chi connectivity index (χ0v) is 12.3. The van der Waals surface area contributed by atoms with E-state index in [9.17, 15) is 18.4 Å². The highest BCUT2D eigenvalue weighted by molar-refractivity contribution is 5.95. The van der Waals surface area contributed by atoms with Crippen LogP contribution in [0.4, 0.5) is 13.6 Å². The number of amides is 1. The number of carbonyl (C=O) groups excluding carboxylic acids is 1. The minimum Gasteiger partial charge on any atom is -0.477 e. The van der Waals surface area contributed by atoms with E-state index < -0.39 is 29.4 Å². The molecule has 0 aliphatic carbocycles. The van der Waals surface area contributed by atoms with Gasteiger partial charge in [0, 0.05) is 6.07 Å². The molecule has 0 spiro atoms. The second kappa shape index (κ2) is 7.87. The van der Waals surface area contributed by atoms with E-state index in [1.165, 1.54) is 0 Å². The lowest BCUT2D eigenvalue weighted by Gasteiger charge is -2.08. The summed E-state index contributed by atoms with van der Waals surface area (Å²) in [6.45, 7) is -0.0475. The third-order valence-corrected chi connectivity index (χ3v) is 2.88. The summed E-state index contributed by atoms with van der Waals surface area (Å²) in [4.78, 5) is 22.8. The van der Waals surface area contributed by atoms with Gasteiger partial charge in [-0.15, -0.1) is 0 Å². The first kappa shape index (κ1) is 17.1. The number of alkyl carbamates (subject to hydrolysis) is 1. The number of carboxylic acids is 1. The molecule has 0 aromatic heterocycles. The maximum Gasteiger partial charge on any atom is 0.412 e. The van der Waals surface area contributed by atoms with E-state index in [0.29, 0.717) is 6.07 Å². The van der Waals surface area contributed by atoms with Gasteiger partial charge in [-0.05, 0) is 29.3 Å². The van der Waals surface area contributed by atoms with Crippen LogP contribution in [0.25, 0.3) is 6.08 Å². The molecule has 2 rings (SSSR count). The van der Waals surface area contributed by atoms with Crippen molar-refractivity contribution in [1.29, 1.82) is 0 Å². The Labute approximate surface area is 136 Å². The van der Waals surface area contributed by atoms with Crippen molar-refractivity contribution in [2.24, 2.45) is 0 Å². The molecule has 0 saturated heterocycles. The first-order valence-corrected chi connectivity index (χ1v) is 6.83. The van der Waals surface area contributed by atoms with Gasteiger partial charge in [0.05, 0.1) is 0 Å². The molecule has 0 unspecified atom stereocenters. The summed E-state index contributed by atoms with van der Waals surface area (Å²) in [5.74, 6) is -3.20. The summed E-state index contributed by atoms with van der Waals surface area (Å²) in [5, 5.41) is 11.1. The molecule has 124 valence electrons. The van der Waals surface area contributed by atoms with Gasteiger partial charge in [0.15, 0.2) is 0 Å². The van der Waals surface area contributed by atoms with E-state index in [-0.39, 0.29) is 12.2 Å². The third kappa shape index (κ3) is 5.20. The van der Waals surface area contributed by atoms with Crippen molar-refractivity contribution in [1.82, 2.24) is 5.32 Å². The van der Waals surface area contributed by atoms with Crippen molar-refractivity contribution in [3.8, 4) is 0 Å². The summed E-state index contributed by atoms with van der Waals surface area (Å²) in [6, 6.07) is 11.3. The number of rotatable bonds is 5. The third-order valence-electron chi connectivity index (χ3n) is 2.88. The number of hydrogen-bond acceptors (Lipinski definition) is 3. The second-order valence-electron chi connectivity index (χ2n) is 4.75. The average Bonchev–Trinajstić information content (AvgIpc) is 2.52. The number of carbonyl (C=O) groups is 2. The molecule has 0 fully saturated rings. The number of benzene rings is 2. The van der Waals surface area contributed by atoms with E-state index in [4.69, 9.17) is 9.84 Å². The van der Waals surface area contributed by atoms with Crippen LogP contribution in [-0.4, -0.2) is 17.2 Å². The Bertz CT molecular complexity index is 755. The van der Waals surface area contributed by atoms with Crippen LogP contribution in [0, 0.1) is 11.6 Å². The standard InChI is InChI=1S/C17H13F2NO4/c18-13-6-12(7-14(19)9-13)8-15(16(21)22)20-17(23)24-10-11-4-2-1-3-5-11/h1-9H,10H2,(H,20,23)(H,21,22)/b15-8-. The lowest BCUT2D eigenvalue weighted by atomic mass is 10.2. The van der Waals surface area contributed by atoms with Crippen molar-refractivity contribution in [3.63, 3.8) is 0 Å². The first-order chi connectivity index (χ1) is 11.4. The number of hydrogen-bond donors (Lipinski definition) is 2. The number of halogens is 2. The molecule has 1 amide bonds. The Hall–Kier alpha value is -3.22. The largest absolute Gasteiger partial charge is 0.477 e. The highest BCUT2D eigenvalue weighted by Gasteiger charge is 2.13. The predicted molar refractivity (Wildman–Crippen MR) is 81.7 cm³/mol. The molecule has 0 aliphatic heterocycles. The predicted octanol–water partition coefficient (Wildman–Crippen LogP) is 3.32. The van der Waals surface area contributed by atoms with Crippen LogP contribution < -0.4 is 5.32 Å². The van der Waals surface area contributed by atoms with Crippen molar-refractivity contribution in [2.75, 3.05) is 0 Å². The van der Waals surface area contributed by atoms with Gasteiger partial charge < -0.3 is 9.84 Å². The lowest BCUT2D eigenvalue weighted by molar-refractivity contribution is -0.132. The van der Waals surface area contributed by atoms with E-state index in [2.05, 4.69) is 0 Å². The Morgan fingerprint density at radius 3 is 2.29 bits per heavy atom. The Kier molecular flexibility index (Phi) is 5.62. The smallest absolute Gasteiger partial charge is 0.412 e. The van der Waals surface area contributed by atoms with E-state index in [1.54, 1.807) is 30.3 Å². The topological polar surface area (TPSA) is 75.6 Å². The van der Waals surface area contributed by atoms with Crippen molar-refractivity contribution >= 4 is 18.1 Å². The molecule has 0 bridgehead atoms. The molecule has 0 saturated carbocycles. The van der Waals surface area contributed by atoms with Crippen LogP contribution in [0.3, 0.4) is 0 Å². The zero-order valence-electron chi connectivity index (χ0n) is 12.3. The fourth-order valence-electron chi connectivity index (χ4n) is 1.85. The van der Waals surface area contributed by atoms with Crippen LogP contribution in [0.1, 0.15) is 11.1 Å². The highest BCUT2D eigenvalue weighted by atomic mass is 19.1. The van der Waals surface area contributed by atoms with Gasteiger partial charge in [0.25, 0.3) is 0 Å². The van der Waals surface area contributed by atoms with E-state index >= 15 is 0 Å². The number of aliphatic carboxylic acids is 1. The number of ether oxygens (including phenoxy) is 1. The van der Waals surface area contributed by atoms with Crippen LogP contribution in [0.15, 0.2) is 54.2 Å². The molecule has 7 heteroatoms. The fraction of sp³-hybridized carbons (Fsp3) is 0.0588. The maximum atomic E-state index is 13.1. The summed E-state index contributed by atoms with van der Waals surface area (Å²) in [7, 11) is 0. The van der Waals surface area contributed by atoms with Gasteiger partial charge in [-0.25, -0.2) is 18.4 Å². The van der Waals surface area contributed by atoms with Crippen molar-refractivity contribution in [3.05, 3.63) is 77.0 Å². The molecule has 0 aliphatic rings. The molecular formula is C17H13F2NO4. The Morgan fingerprint density at radius 2 is 1.71 bits per heavy atom. The highest BCUT2D eigenvalue weighted by Crippen LogP contribution is 2.11. The molecule has 0 atom stereocenters. The molecule has 0 heterocycles. The lowest BCUT2D eigenvalue weighted by Crippen LogP contribution is -2.27. The molecule has 2 N–H and O–H groups in total. The molecule has 2 aromatic carbocycles. The average molecular weight is 333 g/mol. The minimum absolute atomic E-state index is 0.0475. The van der Waals surface area contributed by atoms with E-state index in [1.807, 2.05) is 5.32 Å². The van der Waals surface area contributed by atoms with Gasteiger partial charge in [0.2, 0.25) is 0 Å². The Morgan fingerprint density at radius 1 is 1.08 bits per heavy atom. The SMILES string of the molecule is O=C(N/C(=C\c1cc(F)cc(F)c1)C(=O)O)OCc1ccccc1. The van der Waals surface area contributed by atoms with Crippen molar-refractivity contribution in [2.45, 2.75) is 6.61 Å². The number of carboxylic acid groups (broad SMARTS) is 1. The minimum atomic E-state index is -1.48. The van der Waals surface area contributed by atoms with Gasteiger partial charge in [-0.3, -0.25) is 5.32 Å². The van der Waals surface area contributed by atoms with Crippen LogP contribution in [-0.2, 0) is 16.1 Å². The molecule has 2 aromatic rings. The molecular weight excluding hydrogens is 320 g/mol. The van der Waals surface area contributed by atoms with Gasteiger partial charge >= 0.3 is 12.1 Å². The van der Waals surface area contributed by atoms with Gasteiger partial charge in [-0.1, -0.05) is 30.3 Å². The van der Waals surface area contributed by atoms with Crippen molar-refractivity contribution < 1.29 is 28.2 Å². The monoisotopic (exact) mass is 333 g/mol. The van der Waals surface area contributed by atoms with E-state index in [0.717, 1.165) is 23.8 Å². The summed E-state index contributed by atoms with van der Waals surface area (Å²) < 4.78 is 31.1. The van der Waals surface area contributed by atoms with Gasteiger partial charge in [0.1, 0.15) is 23.9 Å². The summed E-state index contributed by atoms with van der Waals surface area (Å²) in [6.07, 6.45) is -0.0671. The van der Waals surface area contributed by atoms with Crippen LogP contribution in [0.5, 0.6) is 0 Å². The molecule has 0 radical (unpaired) electrons. The first-order valence-electron chi connectivity index (χ1n) is 6.83. The van der Waals surface area contributed by atoms with Crippen LogP contribution in [0.2, 0.25) is 0 Å². The quantitative estimate of drug-likeness (QED) is 0.823. The summed E-state index contributed by atoms with van der Waals surface area (Å²) in [5.41, 5.74) is 0.104. The normalized spacial score (nSPS) is 11.0. The number of nitrogens with one attached hydrogen (secondary N) is 1. The van der Waals surface area contributed by atoms with Gasteiger partial charge in [-0.2, -0.15) is 0 Å². The molecule has 24 heavy (non-hydrogen) atoms. The van der Waals surface area contributed by atoms with Crippen LogP contribution >= 0.6 is 0 Å². The summed E-state index contributed by atoms with van der Waals surface area (Å²) >= 11 is 0. The molecule has 5 nitrogen and oxygen atoms in total. The second-order valence-corrected chi connectivity index (χ2v) is 4.75. The zero-order chi connectivity index (χ0) is 17.5. The maximum absolute atomic E-state index is 13.1.